The third kappa shape index (κ3) is 1.91. The standard InChI is InChI=1S/C10H17NO3/c12-9(13)6-11-4-7-2-1-3-8(5-11)10(7)14/h7-8,10,14H,1-6H2,(H,12,13). The van der Waals surface area contributed by atoms with Crippen LogP contribution in [-0.4, -0.2) is 46.8 Å². The van der Waals surface area contributed by atoms with Crippen molar-refractivity contribution in [3.8, 4) is 0 Å². The molecule has 2 unspecified atom stereocenters. The second-order valence-electron chi connectivity index (χ2n) is 4.53. The van der Waals surface area contributed by atoms with Crippen LogP contribution in [0.4, 0.5) is 0 Å². The molecule has 1 saturated carbocycles. The van der Waals surface area contributed by atoms with Crippen LogP contribution >= 0.6 is 0 Å². The van der Waals surface area contributed by atoms with E-state index >= 15 is 0 Å². The quantitative estimate of drug-likeness (QED) is 0.665. The van der Waals surface area contributed by atoms with Crippen molar-refractivity contribution in [2.45, 2.75) is 25.4 Å². The fraction of sp³-hybridized carbons (Fsp3) is 0.900. The Kier molecular flexibility index (Phi) is 2.74. The topological polar surface area (TPSA) is 60.8 Å². The fourth-order valence-electron chi connectivity index (χ4n) is 2.83. The van der Waals surface area contributed by atoms with Gasteiger partial charge in [-0.1, -0.05) is 6.42 Å². The molecule has 0 aromatic carbocycles. The van der Waals surface area contributed by atoms with E-state index in [2.05, 4.69) is 0 Å². The van der Waals surface area contributed by atoms with Gasteiger partial charge in [-0.3, -0.25) is 9.69 Å². The van der Waals surface area contributed by atoms with Gasteiger partial charge in [0.25, 0.3) is 0 Å². The number of carbonyl (C=O) groups is 1. The number of carboxylic acids is 1. The maximum atomic E-state index is 10.6. The summed E-state index contributed by atoms with van der Waals surface area (Å²) in [6, 6.07) is 0. The Morgan fingerprint density at radius 1 is 1.29 bits per heavy atom. The number of aliphatic hydroxyl groups is 1. The number of carboxylic acid groups (broad SMARTS) is 1. The summed E-state index contributed by atoms with van der Waals surface area (Å²) in [6.07, 6.45) is 3.10. The molecule has 0 aromatic rings. The van der Waals surface area contributed by atoms with Crippen molar-refractivity contribution < 1.29 is 15.0 Å². The number of piperidine rings is 1. The Morgan fingerprint density at radius 2 is 1.86 bits per heavy atom. The highest BCUT2D eigenvalue weighted by Crippen LogP contribution is 2.34. The predicted octanol–water partition coefficient (Wildman–Crippen LogP) is 0.164. The molecule has 1 heterocycles. The first kappa shape index (κ1) is 9.93. The Hall–Kier alpha value is -0.610. The minimum Gasteiger partial charge on any atom is -0.480 e. The molecule has 4 heteroatoms. The average molecular weight is 199 g/mol. The van der Waals surface area contributed by atoms with Gasteiger partial charge in [0.2, 0.25) is 0 Å². The molecular weight excluding hydrogens is 182 g/mol. The van der Waals surface area contributed by atoms with E-state index in [1.54, 1.807) is 0 Å². The number of aliphatic carboxylic acids is 1. The maximum absolute atomic E-state index is 10.6. The van der Waals surface area contributed by atoms with Gasteiger partial charge in [0.1, 0.15) is 0 Å². The molecule has 2 rings (SSSR count). The van der Waals surface area contributed by atoms with Crippen molar-refractivity contribution in [2.24, 2.45) is 11.8 Å². The molecule has 0 radical (unpaired) electrons. The largest absolute Gasteiger partial charge is 0.480 e. The third-order valence-corrected chi connectivity index (χ3v) is 3.46. The summed E-state index contributed by atoms with van der Waals surface area (Å²) in [5, 5.41) is 18.6. The Labute approximate surface area is 83.5 Å². The second kappa shape index (κ2) is 3.87. The molecule has 2 fully saturated rings. The third-order valence-electron chi connectivity index (χ3n) is 3.46. The number of rotatable bonds is 2. The van der Waals surface area contributed by atoms with Gasteiger partial charge < -0.3 is 10.2 Å². The molecule has 14 heavy (non-hydrogen) atoms. The van der Waals surface area contributed by atoms with E-state index in [9.17, 15) is 9.90 Å². The first-order valence-electron chi connectivity index (χ1n) is 5.29. The summed E-state index contributed by atoms with van der Waals surface area (Å²) < 4.78 is 0. The lowest BCUT2D eigenvalue weighted by Gasteiger charge is -2.44. The van der Waals surface area contributed by atoms with Gasteiger partial charge in [0.05, 0.1) is 12.6 Å². The summed E-state index contributed by atoms with van der Waals surface area (Å²) in [7, 11) is 0. The van der Waals surface area contributed by atoms with E-state index in [0.717, 1.165) is 25.9 Å². The smallest absolute Gasteiger partial charge is 0.317 e. The number of likely N-dealkylation sites (tertiary alicyclic amines) is 1. The molecule has 2 N–H and O–H groups in total. The number of nitrogens with zero attached hydrogens (tertiary/aromatic N) is 1. The molecule has 1 saturated heterocycles. The van der Waals surface area contributed by atoms with Gasteiger partial charge in [0.15, 0.2) is 0 Å². The highest BCUT2D eigenvalue weighted by Gasteiger charge is 2.38. The molecule has 4 nitrogen and oxygen atoms in total. The van der Waals surface area contributed by atoms with E-state index in [1.165, 1.54) is 6.42 Å². The van der Waals surface area contributed by atoms with Crippen molar-refractivity contribution >= 4 is 5.97 Å². The van der Waals surface area contributed by atoms with E-state index in [0.29, 0.717) is 11.8 Å². The van der Waals surface area contributed by atoms with Gasteiger partial charge in [-0.15, -0.1) is 0 Å². The van der Waals surface area contributed by atoms with Crippen LogP contribution in [0.15, 0.2) is 0 Å². The summed E-state index contributed by atoms with van der Waals surface area (Å²) in [6.45, 7) is 1.63. The van der Waals surface area contributed by atoms with E-state index in [1.807, 2.05) is 4.90 Å². The van der Waals surface area contributed by atoms with Gasteiger partial charge in [-0.2, -0.15) is 0 Å². The first-order valence-corrected chi connectivity index (χ1v) is 5.29. The number of aliphatic hydroxyl groups excluding tert-OH is 1. The van der Waals surface area contributed by atoms with Crippen molar-refractivity contribution in [3.05, 3.63) is 0 Å². The van der Waals surface area contributed by atoms with Crippen LogP contribution in [0, 0.1) is 11.8 Å². The lowest BCUT2D eigenvalue weighted by Crippen LogP contribution is -2.52. The summed E-state index contributed by atoms with van der Waals surface area (Å²) in [5.74, 6) is -0.150. The minimum absolute atomic E-state index is 0.125. The predicted molar refractivity (Wildman–Crippen MR) is 50.9 cm³/mol. The lowest BCUT2D eigenvalue weighted by molar-refractivity contribution is -0.140. The Morgan fingerprint density at radius 3 is 2.36 bits per heavy atom. The SMILES string of the molecule is O=C(O)CN1CC2CCCC(C1)C2O. The summed E-state index contributed by atoms with van der Waals surface area (Å²) >= 11 is 0. The van der Waals surface area contributed by atoms with Crippen LogP contribution in [0.1, 0.15) is 19.3 Å². The van der Waals surface area contributed by atoms with Crippen LogP contribution in [0.3, 0.4) is 0 Å². The highest BCUT2D eigenvalue weighted by atomic mass is 16.4. The summed E-state index contributed by atoms with van der Waals surface area (Å²) in [5.41, 5.74) is 0. The average Bonchev–Trinajstić information content (AvgIpc) is 2.05. The normalized spacial score (nSPS) is 38.2. The van der Waals surface area contributed by atoms with Crippen LogP contribution in [-0.2, 0) is 4.79 Å². The number of fused-ring (bicyclic) bond motifs is 2. The van der Waals surface area contributed by atoms with Gasteiger partial charge in [0, 0.05) is 13.1 Å². The molecule has 0 amide bonds. The highest BCUT2D eigenvalue weighted by molar-refractivity contribution is 5.69. The monoisotopic (exact) mass is 199 g/mol. The van der Waals surface area contributed by atoms with Crippen molar-refractivity contribution in [2.75, 3.05) is 19.6 Å². The van der Waals surface area contributed by atoms with E-state index in [-0.39, 0.29) is 12.6 Å². The van der Waals surface area contributed by atoms with Crippen molar-refractivity contribution in [1.29, 1.82) is 0 Å². The van der Waals surface area contributed by atoms with Crippen LogP contribution < -0.4 is 0 Å². The van der Waals surface area contributed by atoms with Crippen LogP contribution in [0.2, 0.25) is 0 Å². The number of hydrogen-bond donors (Lipinski definition) is 2. The molecule has 1 aliphatic carbocycles. The Bertz CT molecular complexity index is 217. The van der Waals surface area contributed by atoms with Crippen LogP contribution in [0.5, 0.6) is 0 Å². The molecule has 80 valence electrons. The molecule has 2 atom stereocenters. The Balaban J connectivity index is 1.97. The van der Waals surface area contributed by atoms with Crippen LogP contribution in [0.25, 0.3) is 0 Å². The minimum atomic E-state index is -0.764. The second-order valence-corrected chi connectivity index (χ2v) is 4.53. The van der Waals surface area contributed by atoms with Gasteiger partial charge in [-0.25, -0.2) is 0 Å². The first-order chi connectivity index (χ1) is 6.66. The zero-order chi connectivity index (χ0) is 10.1. The zero-order valence-electron chi connectivity index (χ0n) is 8.22. The van der Waals surface area contributed by atoms with Crippen molar-refractivity contribution in [1.82, 2.24) is 4.90 Å². The maximum Gasteiger partial charge on any atom is 0.317 e. The molecule has 0 spiro atoms. The number of hydrogen-bond acceptors (Lipinski definition) is 3. The van der Waals surface area contributed by atoms with E-state index < -0.39 is 5.97 Å². The fourth-order valence-corrected chi connectivity index (χ4v) is 2.83. The van der Waals surface area contributed by atoms with Gasteiger partial charge in [-0.05, 0) is 24.7 Å². The molecule has 2 bridgehead atoms. The summed E-state index contributed by atoms with van der Waals surface area (Å²) in [4.78, 5) is 12.5. The zero-order valence-corrected chi connectivity index (χ0v) is 8.22. The molecule has 2 aliphatic rings. The van der Waals surface area contributed by atoms with E-state index in [4.69, 9.17) is 5.11 Å². The molecule has 1 aliphatic heterocycles. The van der Waals surface area contributed by atoms with Gasteiger partial charge >= 0.3 is 5.97 Å². The molecule has 0 aromatic heterocycles. The van der Waals surface area contributed by atoms with Crippen molar-refractivity contribution in [3.63, 3.8) is 0 Å². The lowest BCUT2D eigenvalue weighted by atomic mass is 9.75. The molecular formula is C10H17NO3.